The van der Waals surface area contributed by atoms with Crippen molar-refractivity contribution in [2.24, 2.45) is 5.73 Å². The van der Waals surface area contributed by atoms with Crippen molar-refractivity contribution in [3.05, 3.63) is 29.5 Å². The van der Waals surface area contributed by atoms with Gasteiger partial charge in [-0.05, 0) is 31.0 Å². The molecule has 0 aliphatic carbocycles. The summed E-state index contributed by atoms with van der Waals surface area (Å²) < 4.78 is 7.98. The second-order valence-corrected chi connectivity index (χ2v) is 5.17. The molecule has 1 aromatic carbocycles. The summed E-state index contributed by atoms with van der Waals surface area (Å²) in [5.74, 6) is 1.05. The summed E-state index contributed by atoms with van der Waals surface area (Å²) in [4.78, 5) is 0. The summed E-state index contributed by atoms with van der Waals surface area (Å²) in [6.07, 6.45) is 4.33. The van der Waals surface area contributed by atoms with Crippen LogP contribution in [0.2, 0.25) is 0 Å². The van der Waals surface area contributed by atoms with Crippen LogP contribution < -0.4 is 10.5 Å². The molecule has 0 saturated carbocycles. The Morgan fingerprint density at radius 2 is 2.28 bits per heavy atom. The van der Waals surface area contributed by atoms with Crippen molar-refractivity contribution in [3.8, 4) is 5.75 Å². The van der Waals surface area contributed by atoms with Crippen molar-refractivity contribution in [1.82, 2.24) is 4.57 Å². The molecule has 1 aliphatic rings. The second-order valence-electron chi connectivity index (χ2n) is 5.17. The largest absolute Gasteiger partial charge is 0.493 e. The fraction of sp³-hybridized carbons (Fsp3) is 0.467. The Morgan fingerprint density at radius 3 is 3.00 bits per heavy atom. The predicted octanol–water partition coefficient (Wildman–Crippen LogP) is 2.49. The molecule has 0 saturated heterocycles. The molecule has 0 unspecified atom stereocenters. The lowest BCUT2D eigenvalue weighted by Gasteiger charge is -2.10. The van der Waals surface area contributed by atoms with Gasteiger partial charge in [0.25, 0.3) is 0 Å². The molecule has 0 amide bonds. The topological polar surface area (TPSA) is 40.2 Å². The molecule has 3 heteroatoms. The molecule has 2 heterocycles. The van der Waals surface area contributed by atoms with E-state index < -0.39 is 0 Å². The zero-order chi connectivity index (χ0) is 12.7. The molecule has 2 N–H and O–H groups in total. The number of ether oxygens (including phenoxy) is 1. The van der Waals surface area contributed by atoms with Crippen LogP contribution in [0.4, 0.5) is 0 Å². The Balaban J connectivity index is 2.25. The van der Waals surface area contributed by atoms with Crippen molar-refractivity contribution in [1.29, 1.82) is 0 Å². The van der Waals surface area contributed by atoms with Gasteiger partial charge in [-0.15, -0.1) is 0 Å². The van der Waals surface area contributed by atoms with Gasteiger partial charge in [-0.2, -0.15) is 0 Å². The van der Waals surface area contributed by atoms with Gasteiger partial charge >= 0.3 is 0 Å². The van der Waals surface area contributed by atoms with E-state index in [0.29, 0.717) is 0 Å². The zero-order valence-electron chi connectivity index (χ0n) is 11.1. The average Bonchev–Trinajstić information content (AvgIpc) is 2.91. The number of nitrogens with two attached hydrogens (primary N) is 1. The molecule has 3 nitrogen and oxygen atoms in total. The van der Waals surface area contributed by atoms with Crippen molar-refractivity contribution in [2.75, 3.05) is 6.61 Å². The molecule has 1 atom stereocenters. The van der Waals surface area contributed by atoms with Crippen molar-refractivity contribution in [3.63, 3.8) is 0 Å². The quantitative estimate of drug-likeness (QED) is 0.901. The van der Waals surface area contributed by atoms with Crippen LogP contribution in [-0.2, 0) is 19.4 Å². The van der Waals surface area contributed by atoms with Gasteiger partial charge in [0, 0.05) is 36.2 Å². The highest BCUT2D eigenvalue weighted by Crippen LogP contribution is 2.35. The van der Waals surface area contributed by atoms with Crippen LogP contribution in [-0.4, -0.2) is 17.2 Å². The maximum Gasteiger partial charge on any atom is 0.124 e. The van der Waals surface area contributed by atoms with Gasteiger partial charge in [0.2, 0.25) is 0 Å². The monoisotopic (exact) mass is 244 g/mol. The molecule has 0 radical (unpaired) electrons. The Labute approximate surface area is 108 Å². The fourth-order valence-corrected chi connectivity index (χ4v) is 2.90. The van der Waals surface area contributed by atoms with E-state index in [1.165, 1.54) is 22.0 Å². The van der Waals surface area contributed by atoms with Crippen LogP contribution in [0.1, 0.15) is 25.0 Å². The molecule has 18 heavy (non-hydrogen) atoms. The highest BCUT2D eigenvalue weighted by molar-refractivity contribution is 5.89. The third kappa shape index (κ3) is 1.70. The Kier molecular flexibility index (Phi) is 2.78. The Bertz CT molecular complexity index is 584. The van der Waals surface area contributed by atoms with E-state index in [1.54, 1.807) is 0 Å². The molecule has 0 fully saturated rings. The molecule has 2 aromatic rings. The van der Waals surface area contributed by atoms with Gasteiger partial charge in [0.1, 0.15) is 5.75 Å². The third-order valence-electron chi connectivity index (χ3n) is 3.66. The van der Waals surface area contributed by atoms with Gasteiger partial charge < -0.3 is 15.0 Å². The van der Waals surface area contributed by atoms with Gasteiger partial charge in [-0.25, -0.2) is 0 Å². The Hall–Kier alpha value is -1.48. The number of aryl methyl sites for hydroxylation is 1. The van der Waals surface area contributed by atoms with E-state index in [0.717, 1.165) is 31.7 Å². The van der Waals surface area contributed by atoms with E-state index in [2.05, 4.69) is 36.7 Å². The number of rotatable bonds is 3. The van der Waals surface area contributed by atoms with Gasteiger partial charge in [-0.1, -0.05) is 6.92 Å². The van der Waals surface area contributed by atoms with Crippen LogP contribution in [0.15, 0.2) is 18.3 Å². The van der Waals surface area contributed by atoms with E-state index in [4.69, 9.17) is 10.5 Å². The van der Waals surface area contributed by atoms with Crippen LogP contribution in [0.5, 0.6) is 5.75 Å². The molecule has 1 aromatic heterocycles. The van der Waals surface area contributed by atoms with E-state index in [9.17, 15) is 0 Å². The minimum atomic E-state index is 0.170. The smallest absolute Gasteiger partial charge is 0.124 e. The van der Waals surface area contributed by atoms with Crippen LogP contribution in [0.3, 0.4) is 0 Å². The lowest BCUT2D eigenvalue weighted by Crippen LogP contribution is -2.21. The third-order valence-corrected chi connectivity index (χ3v) is 3.66. The normalized spacial score (nSPS) is 15.7. The fourth-order valence-electron chi connectivity index (χ4n) is 2.90. The highest BCUT2D eigenvalue weighted by atomic mass is 16.5. The molecule has 0 bridgehead atoms. The average molecular weight is 244 g/mol. The van der Waals surface area contributed by atoms with Crippen LogP contribution in [0.25, 0.3) is 10.9 Å². The maximum absolute atomic E-state index is 5.96. The standard InChI is InChI=1S/C15H20N2O/c1-3-11-9-17(8-10(2)16)15-12(11)4-5-14-13(15)6-7-18-14/h4-5,9-10H,3,6-8,16H2,1-2H3/t10-/m0/s1. The van der Waals surface area contributed by atoms with Crippen LogP contribution >= 0.6 is 0 Å². The summed E-state index contributed by atoms with van der Waals surface area (Å²) in [5, 5.41) is 1.36. The van der Waals surface area contributed by atoms with Crippen LogP contribution in [0, 0.1) is 0 Å². The van der Waals surface area contributed by atoms with E-state index in [-0.39, 0.29) is 6.04 Å². The molecular weight excluding hydrogens is 224 g/mol. The molecular formula is C15H20N2O. The molecule has 1 aliphatic heterocycles. The summed E-state index contributed by atoms with van der Waals surface area (Å²) in [5.41, 5.74) is 10.0. The first-order chi connectivity index (χ1) is 8.70. The van der Waals surface area contributed by atoms with E-state index in [1.807, 2.05) is 0 Å². The minimum absolute atomic E-state index is 0.170. The maximum atomic E-state index is 5.96. The number of nitrogens with zero attached hydrogens (tertiary/aromatic N) is 1. The predicted molar refractivity (Wildman–Crippen MR) is 74.2 cm³/mol. The van der Waals surface area contributed by atoms with Crippen molar-refractivity contribution < 1.29 is 4.74 Å². The minimum Gasteiger partial charge on any atom is -0.493 e. The summed E-state index contributed by atoms with van der Waals surface area (Å²) >= 11 is 0. The first-order valence-corrected chi connectivity index (χ1v) is 6.72. The number of aromatic nitrogens is 1. The lowest BCUT2D eigenvalue weighted by atomic mass is 10.1. The molecule has 0 spiro atoms. The summed E-state index contributed by atoms with van der Waals surface area (Å²) in [6.45, 7) is 5.93. The van der Waals surface area contributed by atoms with E-state index >= 15 is 0 Å². The van der Waals surface area contributed by atoms with Gasteiger partial charge in [-0.3, -0.25) is 0 Å². The molecule has 96 valence electrons. The number of hydrogen-bond acceptors (Lipinski definition) is 2. The number of hydrogen-bond donors (Lipinski definition) is 1. The first kappa shape index (κ1) is 11.6. The number of fused-ring (bicyclic) bond motifs is 3. The van der Waals surface area contributed by atoms with Crippen molar-refractivity contribution in [2.45, 2.75) is 39.3 Å². The SMILES string of the molecule is CCc1cn(C[C@H](C)N)c2c3c(ccc12)OCC3. The highest BCUT2D eigenvalue weighted by Gasteiger charge is 2.20. The first-order valence-electron chi connectivity index (χ1n) is 6.72. The summed E-state index contributed by atoms with van der Waals surface area (Å²) in [7, 11) is 0. The summed E-state index contributed by atoms with van der Waals surface area (Å²) in [6, 6.07) is 4.47. The van der Waals surface area contributed by atoms with Gasteiger partial charge in [0.15, 0.2) is 0 Å². The number of benzene rings is 1. The van der Waals surface area contributed by atoms with Gasteiger partial charge in [0.05, 0.1) is 12.1 Å². The second kappa shape index (κ2) is 4.32. The lowest BCUT2D eigenvalue weighted by molar-refractivity contribution is 0.357. The zero-order valence-corrected chi connectivity index (χ0v) is 11.1. The Morgan fingerprint density at radius 1 is 1.44 bits per heavy atom. The van der Waals surface area contributed by atoms with Crippen molar-refractivity contribution >= 4 is 10.9 Å². The molecule has 3 rings (SSSR count).